The number of phenols is 1. The number of aromatic hydroxyl groups is 1. The van der Waals surface area contributed by atoms with Crippen molar-refractivity contribution in [2.75, 3.05) is 7.05 Å². The number of hydrogen-bond acceptors (Lipinski definition) is 2. The van der Waals surface area contributed by atoms with Crippen molar-refractivity contribution in [3.8, 4) is 5.75 Å². The van der Waals surface area contributed by atoms with Crippen LogP contribution in [0.2, 0.25) is 5.02 Å². The number of halogens is 2. The fraction of sp³-hybridized carbons (Fsp3) is 0.133. The molecule has 2 aromatic carbocycles. The molecule has 0 aliphatic rings. The highest BCUT2D eigenvalue weighted by Crippen LogP contribution is 2.18. The molecule has 1 amide bonds. The molecular formula is C15H13ClFNO2. The second kappa shape index (κ2) is 5.92. The van der Waals surface area contributed by atoms with E-state index in [0.29, 0.717) is 11.6 Å². The van der Waals surface area contributed by atoms with Crippen molar-refractivity contribution in [3.63, 3.8) is 0 Å². The van der Waals surface area contributed by atoms with E-state index in [1.54, 1.807) is 25.2 Å². The van der Waals surface area contributed by atoms with Gasteiger partial charge in [-0.15, -0.1) is 0 Å². The van der Waals surface area contributed by atoms with Gasteiger partial charge in [0.25, 0.3) is 5.91 Å². The molecule has 0 spiro atoms. The lowest BCUT2D eigenvalue weighted by Crippen LogP contribution is -2.27. The molecule has 0 bridgehead atoms. The molecule has 0 saturated heterocycles. The first-order valence-corrected chi connectivity index (χ1v) is 6.33. The van der Waals surface area contributed by atoms with Crippen LogP contribution in [-0.4, -0.2) is 23.0 Å². The molecular weight excluding hydrogens is 281 g/mol. The number of rotatable bonds is 3. The van der Waals surface area contributed by atoms with Gasteiger partial charge >= 0.3 is 0 Å². The Morgan fingerprint density at radius 2 is 2.05 bits per heavy atom. The minimum atomic E-state index is -0.743. The summed E-state index contributed by atoms with van der Waals surface area (Å²) in [5.74, 6) is -1.41. The normalized spacial score (nSPS) is 10.3. The second-order valence-corrected chi connectivity index (χ2v) is 4.89. The molecule has 5 heteroatoms. The van der Waals surface area contributed by atoms with Gasteiger partial charge in [0.05, 0.1) is 5.56 Å². The Bertz CT molecular complexity index is 646. The van der Waals surface area contributed by atoms with Gasteiger partial charge in [0, 0.05) is 24.7 Å². The standard InChI is InChI=1S/C15H13ClFNO2/c1-18(9-10-3-2-4-11(16)7-10)15(20)13-6-5-12(19)8-14(13)17/h2-8,19H,9H2,1H3. The largest absolute Gasteiger partial charge is 0.508 e. The maximum atomic E-state index is 13.6. The summed E-state index contributed by atoms with van der Waals surface area (Å²) in [7, 11) is 1.58. The number of carbonyl (C=O) groups is 1. The van der Waals surface area contributed by atoms with Gasteiger partial charge in [-0.3, -0.25) is 4.79 Å². The number of hydrogen-bond donors (Lipinski definition) is 1. The van der Waals surface area contributed by atoms with Crippen LogP contribution in [0.3, 0.4) is 0 Å². The first-order valence-electron chi connectivity index (χ1n) is 5.96. The molecule has 2 aromatic rings. The summed E-state index contributed by atoms with van der Waals surface area (Å²) < 4.78 is 13.6. The van der Waals surface area contributed by atoms with Gasteiger partial charge in [-0.25, -0.2) is 4.39 Å². The summed E-state index contributed by atoms with van der Waals surface area (Å²) in [6, 6.07) is 10.6. The van der Waals surface area contributed by atoms with Crippen LogP contribution in [0.5, 0.6) is 5.75 Å². The van der Waals surface area contributed by atoms with E-state index in [2.05, 4.69) is 0 Å². The van der Waals surface area contributed by atoms with E-state index in [9.17, 15) is 9.18 Å². The fourth-order valence-electron chi connectivity index (χ4n) is 1.86. The molecule has 0 fully saturated rings. The molecule has 104 valence electrons. The predicted octanol–water partition coefficient (Wildman–Crippen LogP) is 3.46. The third kappa shape index (κ3) is 3.27. The maximum absolute atomic E-state index is 13.6. The Hall–Kier alpha value is -2.07. The molecule has 0 radical (unpaired) electrons. The zero-order chi connectivity index (χ0) is 14.7. The van der Waals surface area contributed by atoms with E-state index in [0.717, 1.165) is 11.6 Å². The average molecular weight is 294 g/mol. The number of amides is 1. The molecule has 0 aliphatic carbocycles. The van der Waals surface area contributed by atoms with Crippen molar-refractivity contribution in [2.45, 2.75) is 6.54 Å². The summed E-state index contributed by atoms with van der Waals surface area (Å²) in [6.45, 7) is 0.319. The van der Waals surface area contributed by atoms with Crippen LogP contribution in [-0.2, 0) is 6.54 Å². The van der Waals surface area contributed by atoms with E-state index >= 15 is 0 Å². The summed E-state index contributed by atoms with van der Waals surface area (Å²) in [6.07, 6.45) is 0. The van der Waals surface area contributed by atoms with Crippen molar-refractivity contribution < 1.29 is 14.3 Å². The lowest BCUT2D eigenvalue weighted by molar-refractivity contribution is 0.0780. The first-order chi connectivity index (χ1) is 9.47. The van der Waals surface area contributed by atoms with Crippen LogP contribution in [0, 0.1) is 5.82 Å². The van der Waals surface area contributed by atoms with Crippen LogP contribution in [0.15, 0.2) is 42.5 Å². The third-order valence-electron chi connectivity index (χ3n) is 2.84. The Morgan fingerprint density at radius 3 is 2.70 bits per heavy atom. The second-order valence-electron chi connectivity index (χ2n) is 4.46. The van der Waals surface area contributed by atoms with Gasteiger partial charge in [0.1, 0.15) is 11.6 Å². The minimum Gasteiger partial charge on any atom is -0.508 e. The SMILES string of the molecule is CN(Cc1cccc(Cl)c1)C(=O)c1ccc(O)cc1F. The van der Waals surface area contributed by atoms with E-state index in [1.807, 2.05) is 6.07 Å². The van der Waals surface area contributed by atoms with E-state index in [-0.39, 0.29) is 11.3 Å². The smallest absolute Gasteiger partial charge is 0.256 e. The van der Waals surface area contributed by atoms with Crippen molar-refractivity contribution in [2.24, 2.45) is 0 Å². The van der Waals surface area contributed by atoms with Gasteiger partial charge in [-0.05, 0) is 29.8 Å². The molecule has 0 unspecified atom stereocenters. The van der Waals surface area contributed by atoms with Gasteiger partial charge in [0.15, 0.2) is 0 Å². The first kappa shape index (κ1) is 14.3. The quantitative estimate of drug-likeness (QED) is 0.941. The minimum absolute atomic E-state index is 0.0765. The van der Waals surface area contributed by atoms with Gasteiger partial charge in [-0.1, -0.05) is 23.7 Å². The van der Waals surface area contributed by atoms with Gasteiger partial charge in [-0.2, -0.15) is 0 Å². The molecule has 0 heterocycles. The number of nitrogens with zero attached hydrogens (tertiary/aromatic N) is 1. The van der Waals surface area contributed by atoms with E-state index in [4.69, 9.17) is 16.7 Å². The molecule has 1 N–H and O–H groups in total. The predicted molar refractivity (Wildman–Crippen MR) is 75.3 cm³/mol. The molecule has 3 nitrogen and oxygen atoms in total. The molecule has 0 saturated carbocycles. The van der Waals surface area contributed by atoms with Crippen LogP contribution < -0.4 is 0 Å². The lowest BCUT2D eigenvalue weighted by Gasteiger charge is -2.18. The summed E-state index contributed by atoms with van der Waals surface area (Å²) in [4.78, 5) is 13.5. The zero-order valence-electron chi connectivity index (χ0n) is 10.8. The van der Waals surface area contributed by atoms with Crippen molar-refractivity contribution in [1.29, 1.82) is 0 Å². The third-order valence-corrected chi connectivity index (χ3v) is 3.07. The summed E-state index contributed by atoms with van der Waals surface area (Å²) in [5.41, 5.74) is 0.778. The highest BCUT2D eigenvalue weighted by molar-refractivity contribution is 6.30. The Balaban J connectivity index is 2.16. The van der Waals surface area contributed by atoms with Crippen LogP contribution >= 0.6 is 11.6 Å². The van der Waals surface area contributed by atoms with Crippen LogP contribution in [0.25, 0.3) is 0 Å². The summed E-state index contributed by atoms with van der Waals surface area (Å²) in [5, 5.41) is 9.73. The van der Waals surface area contributed by atoms with Gasteiger partial charge < -0.3 is 10.0 Å². The topological polar surface area (TPSA) is 40.5 Å². The number of benzene rings is 2. The van der Waals surface area contributed by atoms with E-state index in [1.165, 1.54) is 17.0 Å². The number of phenolic OH excluding ortho intramolecular Hbond substituents is 1. The highest BCUT2D eigenvalue weighted by atomic mass is 35.5. The van der Waals surface area contributed by atoms with Crippen molar-refractivity contribution in [1.82, 2.24) is 4.90 Å². The van der Waals surface area contributed by atoms with Crippen LogP contribution in [0.4, 0.5) is 4.39 Å². The Morgan fingerprint density at radius 1 is 1.30 bits per heavy atom. The lowest BCUT2D eigenvalue weighted by atomic mass is 10.1. The average Bonchev–Trinajstić information content (AvgIpc) is 2.38. The van der Waals surface area contributed by atoms with Crippen molar-refractivity contribution in [3.05, 3.63) is 64.4 Å². The van der Waals surface area contributed by atoms with Crippen LogP contribution in [0.1, 0.15) is 15.9 Å². The molecule has 0 aliphatic heterocycles. The molecule has 2 rings (SSSR count). The zero-order valence-corrected chi connectivity index (χ0v) is 11.6. The van der Waals surface area contributed by atoms with Crippen molar-refractivity contribution >= 4 is 17.5 Å². The highest BCUT2D eigenvalue weighted by Gasteiger charge is 2.16. The fourth-order valence-corrected chi connectivity index (χ4v) is 2.08. The molecule has 0 aromatic heterocycles. The Kier molecular flexibility index (Phi) is 4.25. The molecule has 0 atom stereocenters. The van der Waals surface area contributed by atoms with E-state index < -0.39 is 11.7 Å². The van der Waals surface area contributed by atoms with Gasteiger partial charge in [0.2, 0.25) is 0 Å². The maximum Gasteiger partial charge on any atom is 0.256 e. The number of carbonyl (C=O) groups excluding carboxylic acids is 1. The Labute approximate surface area is 121 Å². The monoisotopic (exact) mass is 293 g/mol. The molecule has 20 heavy (non-hydrogen) atoms. The summed E-state index contributed by atoms with van der Waals surface area (Å²) >= 11 is 5.88.